The Morgan fingerprint density at radius 3 is 2.38 bits per heavy atom. The second-order valence-electron chi connectivity index (χ2n) is 4.84. The number of carbonyl (C=O) groups is 3. The van der Waals surface area contributed by atoms with Crippen molar-refractivity contribution in [1.82, 2.24) is 10.0 Å². The lowest BCUT2D eigenvalue weighted by Crippen LogP contribution is -2.34. The van der Waals surface area contributed by atoms with Crippen LogP contribution < -0.4 is 5.56 Å². The van der Waals surface area contributed by atoms with Gasteiger partial charge in [-0.25, -0.2) is 4.79 Å². The van der Waals surface area contributed by atoms with E-state index in [4.69, 9.17) is 4.84 Å². The third kappa shape index (κ3) is 2.71. The summed E-state index contributed by atoms with van der Waals surface area (Å²) in [5, 5.41) is 0.381. The van der Waals surface area contributed by atoms with E-state index in [2.05, 4.69) is 4.98 Å². The van der Waals surface area contributed by atoms with Crippen LogP contribution in [-0.2, 0) is 4.84 Å². The summed E-state index contributed by atoms with van der Waals surface area (Å²) in [6, 6.07) is 7.51. The first kappa shape index (κ1) is 16.0. The number of hydroxylamine groups is 2. The Kier molecular flexibility index (Phi) is 4.22. The largest absolute Gasteiger partial charge is 0.369 e. The molecule has 1 aliphatic heterocycles. The van der Waals surface area contributed by atoms with Crippen molar-refractivity contribution in [2.24, 2.45) is 0 Å². The van der Waals surface area contributed by atoms with Gasteiger partial charge in [-0.05, 0) is 24.0 Å². The second kappa shape index (κ2) is 6.32. The minimum absolute atomic E-state index is 0.152. The molecule has 0 fully saturated rings. The van der Waals surface area contributed by atoms with Crippen LogP contribution in [0.1, 0.15) is 38.0 Å². The van der Waals surface area contributed by atoms with Crippen molar-refractivity contribution in [3.05, 3.63) is 63.6 Å². The summed E-state index contributed by atoms with van der Waals surface area (Å²) < 4.78 is 0. The van der Waals surface area contributed by atoms with E-state index in [-0.39, 0.29) is 16.7 Å². The van der Waals surface area contributed by atoms with Crippen LogP contribution in [0.5, 0.6) is 0 Å². The number of carbonyl (C=O) groups excluding carboxylic acids is 3. The predicted molar refractivity (Wildman–Crippen MR) is 85.8 cm³/mol. The lowest BCUT2D eigenvalue weighted by molar-refractivity contribution is -0.0586. The highest BCUT2D eigenvalue weighted by molar-refractivity contribution is 7.99. The summed E-state index contributed by atoms with van der Waals surface area (Å²) in [6.07, 6.45) is 1.48. The number of nitrogens with one attached hydrogen (secondary N) is 1. The number of fused-ring (bicyclic) bond motifs is 1. The molecule has 3 rings (SSSR count). The van der Waals surface area contributed by atoms with E-state index < -0.39 is 23.3 Å². The Balaban J connectivity index is 1.86. The first-order chi connectivity index (χ1) is 11.5. The van der Waals surface area contributed by atoms with Gasteiger partial charge in [0.1, 0.15) is 5.56 Å². The number of hydrogen-bond donors (Lipinski definition) is 1. The highest BCUT2D eigenvalue weighted by Crippen LogP contribution is 2.23. The predicted octanol–water partition coefficient (Wildman–Crippen LogP) is 1.85. The lowest BCUT2D eigenvalue weighted by Gasteiger charge is -2.12. The number of amides is 2. The fourth-order valence-electron chi connectivity index (χ4n) is 2.25. The Morgan fingerprint density at radius 2 is 1.79 bits per heavy atom. The van der Waals surface area contributed by atoms with Crippen LogP contribution >= 0.6 is 11.8 Å². The van der Waals surface area contributed by atoms with Crippen molar-refractivity contribution < 1.29 is 19.2 Å². The summed E-state index contributed by atoms with van der Waals surface area (Å²) in [7, 11) is 0. The van der Waals surface area contributed by atoms with Gasteiger partial charge in [-0.3, -0.25) is 14.4 Å². The van der Waals surface area contributed by atoms with Crippen LogP contribution in [0.25, 0.3) is 0 Å². The van der Waals surface area contributed by atoms with Gasteiger partial charge >= 0.3 is 5.97 Å². The van der Waals surface area contributed by atoms with Crippen molar-refractivity contribution in [2.45, 2.75) is 11.8 Å². The minimum atomic E-state index is -1.07. The van der Waals surface area contributed by atoms with E-state index >= 15 is 0 Å². The zero-order chi connectivity index (χ0) is 17.3. The molecule has 8 heteroatoms. The summed E-state index contributed by atoms with van der Waals surface area (Å²) >= 11 is 1.42. The van der Waals surface area contributed by atoms with E-state index in [0.29, 0.717) is 9.96 Å². The van der Waals surface area contributed by atoms with Crippen molar-refractivity contribution in [1.29, 1.82) is 0 Å². The maximum atomic E-state index is 12.2. The first-order valence-electron chi connectivity index (χ1n) is 7.08. The van der Waals surface area contributed by atoms with Crippen LogP contribution in [0.4, 0.5) is 0 Å². The molecule has 7 nitrogen and oxygen atoms in total. The van der Waals surface area contributed by atoms with Crippen LogP contribution in [0.3, 0.4) is 0 Å². The van der Waals surface area contributed by atoms with Crippen molar-refractivity contribution in [3.63, 3.8) is 0 Å². The average Bonchev–Trinajstić information content (AvgIpc) is 2.82. The SMILES string of the molecule is CCSc1c[nH]c(=O)c(C(=O)ON2C(=O)c3ccccc3C2=O)c1. The van der Waals surface area contributed by atoms with Gasteiger partial charge in [-0.2, -0.15) is 0 Å². The van der Waals surface area contributed by atoms with E-state index in [1.54, 1.807) is 12.1 Å². The molecule has 2 amide bonds. The zero-order valence-corrected chi connectivity index (χ0v) is 13.4. The molecule has 0 radical (unpaired) electrons. The molecule has 122 valence electrons. The third-order valence-corrected chi connectivity index (χ3v) is 4.20. The number of aromatic nitrogens is 1. The number of nitrogens with zero attached hydrogens (tertiary/aromatic N) is 1. The number of thioether (sulfide) groups is 1. The molecule has 0 bridgehead atoms. The van der Waals surface area contributed by atoms with E-state index in [1.165, 1.54) is 36.2 Å². The van der Waals surface area contributed by atoms with Crippen LogP contribution in [-0.4, -0.2) is 33.6 Å². The molecule has 1 N–H and O–H groups in total. The van der Waals surface area contributed by atoms with Crippen LogP contribution in [0.2, 0.25) is 0 Å². The molecular weight excluding hydrogens is 332 g/mol. The fourth-order valence-corrected chi connectivity index (χ4v) is 2.92. The van der Waals surface area contributed by atoms with Gasteiger partial charge in [0.05, 0.1) is 11.1 Å². The molecule has 24 heavy (non-hydrogen) atoms. The third-order valence-electron chi connectivity index (χ3n) is 3.34. The Hall–Kier alpha value is -2.87. The van der Waals surface area contributed by atoms with E-state index in [1.807, 2.05) is 6.92 Å². The number of imide groups is 1. The number of hydrogen-bond acceptors (Lipinski definition) is 6. The number of H-pyrrole nitrogens is 1. The van der Waals surface area contributed by atoms with Gasteiger partial charge < -0.3 is 9.82 Å². The van der Waals surface area contributed by atoms with Crippen molar-refractivity contribution >= 4 is 29.5 Å². The molecule has 0 saturated heterocycles. The highest BCUT2D eigenvalue weighted by Gasteiger charge is 2.39. The summed E-state index contributed by atoms with van der Waals surface area (Å²) in [5.41, 5.74) is -0.624. The van der Waals surface area contributed by atoms with Gasteiger partial charge in [0.25, 0.3) is 17.4 Å². The maximum absolute atomic E-state index is 12.2. The highest BCUT2D eigenvalue weighted by atomic mass is 32.2. The zero-order valence-electron chi connectivity index (χ0n) is 12.6. The van der Waals surface area contributed by atoms with E-state index in [9.17, 15) is 19.2 Å². The number of aromatic amines is 1. The summed E-state index contributed by atoms with van der Waals surface area (Å²) in [4.78, 5) is 56.4. The Bertz CT molecular complexity index is 870. The summed E-state index contributed by atoms with van der Waals surface area (Å²) in [5.74, 6) is -1.79. The number of rotatable bonds is 4. The van der Waals surface area contributed by atoms with Gasteiger partial charge in [0.15, 0.2) is 0 Å². The van der Waals surface area contributed by atoms with Crippen LogP contribution in [0, 0.1) is 0 Å². The molecule has 0 unspecified atom stereocenters. The molecule has 0 atom stereocenters. The first-order valence-corrected chi connectivity index (χ1v) is 8.07. The molecule has 1 aromatic carbocycles. The Morgan fingerprint density at radius 1 is 1.17 bits per heavy atom. The maximum Gasteiger partial charge on any atom is 0.369 e. The molecule has 0 aliphatic carbocycles. The van der Waals surface area contributed by atoms with E-state index in [0.717, 1.165) is 5.75 Å². The standard InChI is InChI=1S/C16H12N2O5S/c1-2-24-9-7-12(13(19)17-8-9)16(22)23-18-14(20)10-5-3-4-6-11(10)15(18)21/h3-8H,2H2,1H3,(H,17,19). The minimum Gasteiger partial charge on any atom is -0.327 e. The number of pyridine rings is 1. The fraction of sp³-hybridized carbons (Fsp3) is 0.125. The molecular formula is C16H12N2O5S. The molecule has 1 aromatic heterocycles. The lowest BCUT2D eigenvalue weighted by atomic mass is 10.1. The quantitative estimate of drug-likeness (QED) is 0.672. The Labute approximate surface area is 140 Å². The topological polar surface area (TPSA) is 96.5 Å². The summed E-state index contributed by atoms with van der Waals surface area (Å²) in [6.45, 7) is 1.92. The van der Waals surface area contributed by atoms with Gasteiger partial charge in [0.2, 0.25) is 0 Å². The second-order valence-corrected chi connectivity index (χ2v) is 6.18. The smallest absolute Gasteiger partial charge is 0.327 e. The molecule has 2 heterocycles. The average molecular weight is 344 g/mol. The molecule has 1 aliphatic rings. The van der Waals surface area contributed by atoms with Gasteiger partial charge in [-0.15, -0.1) is 11.8 Å². The monoisotopic (exact) mass is 344 g/mol. The van der Waals surface area contributed by atoms with Gasteiger partial charge in [-0.1, -0.05) is 24.1 Å². The van der Waals surface area contributed by atoms with Crippen molar-refractivity contribution in [3.8, 4) is 0 Å². The molecule has 0 spiro atoms. The van der Waals surface area contributed by atoms with Crippen molar-refractivity contribution in [2.75, 3.05) is 5.75 Å². The van der Waals surface area contributed by atoms with Crippen LogP contribution in [0.15, 0.2) is 46.2 Å². The normalized spacial score (nSPS) is 13.1. The van der Waals surface area contributed by atoms with Gasteiger partial charge in [0, 0.05) is 11.1 Å². The molecule has 0 saturated carbocycles. The number of benzene rings is 1. The molecule has 2 aromatic rings.